The van der Waals surface area contributed by atoms with E-state index in [0.29, 0.717) is 47.1 Å². The van der Waals surface area contributed by atoms with Crippen LogP contribution in [0.3, 0.4) is 0 Å². The predicted octanol–water partition coefficient (Wildman–Crippen LogP) is 4.56. The summed E-state index contributed by atoms with van der Waals surface area (Å²) in [6.45, 7) is 8.36. The lowest BCUT2D eigenvalue weighted by Gasteiger charge is -2.25. The smallest absolute Gasteiger partial charge is 0.251 e. The molecule has 0 heterocycles. The van der Waals surface area contributed by atoms with Crippen molar-refractivity contribution in [2.24, 2.45) is 5.92 Å². The van der Waals surface area contributed by atoms with Gasteiger partial charge in [-0.2, -0.15) is 0 Å². The summed E-state index contributed by atoms with van der Waals surface area (Å²) in [5, 5.41) is 15.8. The molecule has 0 aliphatic rings. The number of hydrogen-bond acceptors (Lipinski definition) is 5. The van der Waals surface area contributed by atoms with Gasteiger partial charge in [-0.1, -0.05) is 79.5 Å². The van der Waals surface area contributed by atoms with Gasteiger partial charge in [0.05, 0.1) is 6.04 Å². The molecule has 0 radical (unpaired) electrons. The van der Waals surface area contributed by atoms with Crippen molar-refractivity contribution < 1.29 is 19.2 Å². The minimum Gasteiger partial charge on any atom is -0.355 e. The lowest BCUT2D eigenvalue weighted by Crippen LogP contribution is -2.55. The normalized spacial score (nSPS) is 12.9. The number of carbonyl (C=O) groups excluding carboxylic acids is 4. The van der Waals surface area contributed by atoms with Gasteiger partial charge in [0.1, 0.15) is 6.04 Å². The summed E-state index contributed by atoms with van der Waals surface area (Å²) < 4.78 is 0. The van der Waals surface area contributed by atoms with Crippen molar-refractivity contribution in [2.45, 2.75) is 58.7 Å². The van der Waals surface area contributed by atoms with Crippen LogP contribution in [0.2, 0.25) is 10.0 Å². The summed E-state index contributed by atoms with van der Waals surface area (Å²) >= 11 is 12.5. The fourth-order valence-electron chi connectivity index (χ4n) is 4.83. The van der Waals surface area contributed by atoms with E-state index in [2.05, 4.69) is 26.6 Å². The van der Waals surface area contributed by atoms with Gasteiger partial charge in [0, 0.05) is 46.8 Å². The Hall–Kier alpha value is -3.92. The number of benzene rings is 3. The van der Waals surface area contributed by atoms with E-state index in [4.69, 9.17) is 23.2 Å². The second-order valence-electron chi connectivity index (χ2n) is 11.4. The van der Waals surface area contributed by atoms with Gasteiger partial charge in [-0.05, 0) is 74.1 Å². The Morgan fingerprint density at radius 3 is 2.00 bits per heavy atom. The molecule has 4 amide bonds. The molecule has 246 valence electrons. The van der Waals surface area contributed by atoms with Crippen molar-refractivity contribution in [3.63, 3.8) is 0 Å². The summed E-state index contributed by atoms with van der Waals surface area (Å²) in [5.74, 6) is -1.31. The first-order valence-corrected chi connectivity index (χ1v) is 16.2. The molecule has 9 nitrogen and oxygen atoms in total. The first kappa shape index (κ1) is 36.5. The fourth-order valence-corrected chi connectivity index (χ4v) is 5.41. The molecule has 0 fully saturated rings. The topological polar surface area (TPSA) is 128 Å². The molecule has 0 spiro atoms. The number of carbonyl (C=O) groups is 4. The molecule has 3 atom stereocenters. The van der Waals surface area contributed by atoms with Crippen molar-refractivity contribution in [3.8, 4) is 0 Å². The third-order valence-electron chi connectivity index (χ3n) is 7.43. The van der Waals surface area contributed by atoms with E-state index in [0.717, 1.165) is 11.1 Å². The molecule has 0 aromatic heterocycles. The second-order valence-corrected chi connectivity index (χ2v) is 12.2. The number of rotatable bonds is 16. The van der Waals surface area contributed by atoms with Crippen LogP contribution in [-0.4, -0.2) is 61.4 Å². The van der Waals surface area contributed by atoms with Gasteiger partial charge in [0.2, 0.25) is 11.8 Å². The third-order valence-corrected chi connectivity index (χ3v) is 8.14. The summed E-state index contributed by atoms with van der Waals surface area (Å²) in [7, 11) is 0. The first-order chi connectivity index (χ1) is 22.0. The highest BCUT2D eigenvalue weighted by atomic mass is 35.5. The van der Waals surface area contributed by atoms with E-state index in [1.54, 1.807) is 49.4 Å². The van der Waals surface area contributed by atoms with Crippen LogP contribution in [-0.2, 0) is 22.4 Å². The minimum absolute atomic E-state index is 0.0912. The number of likely N-dealkylation sites (N-methyl/N-ethyl adjacent to an activating group) is 1. The number of nitrogens with one attached hydrogen (secondary N) is 5. The summed E-state index contributed by atoms with van der Waals surface area (Å²) in [4.78, 5) is 51.7. The van der Waals surface area contributed by atoms with Crippen molar-refractivity contribution in [2.75, 3.05) is 19.6 Å². The molecular weight excluding hydrogens is 625 g/mol. The van der Waals surface area contributed by atoms with Crippen LogP contribution >= 0.6 is 23.2 Å². The molecule has 11 heteroatoms. The molecule has 0 unspecified atom stereocenters. The van der Waals surface area contributed by atoms with Gasteiger partial charge < -0.3 is 26.6 Å². The monoisotopic (exact) mass is 667 g/mol. The lowest BCUT2D eigenvalue weighted by molar-refractivity contribution is -0.130. The average molecular weight is 669 g/mol. The van der Waals surface area contributed by atoms with Crippen molar-refractivity contribution in [3.05, 3.63) is 105 Å². The van der Waals surface area contributed by atoms with E-state index in [1.165, 1.54) is 0 Å². The van der Waals surface area contributed by atoms with Crippen LogP contribution in [0, 0.1) is 5.92 Å². The Kier molecular flexibility index (Phi) is 14.5. The second kappa shape index (κ2) is 18.3. The standard InChI is InChI=1S/C35H43Cl2N5O4/c1-5-38-35(46)31(22(2)3)42-32(43)23(4)40-21-27(19-24-11-7-6-8-12-24)41-34(45)26-14-9-13-25(20-26)33(44)39-18-17-28-29(36)15-10-16-30(28)37/h6-16,20,22-23,27,31,40H,5,17-19,21H2,1-4H3,(H,38,46)(H,39,44)(H,41,45)(H,42,43)/t23-,27-,31-/m0/s1. The molecule has 5 N–H and O–H groups in total. The molecule has 0 saturated carbocycles. The van der Waals surface area contributed by atoms with Crippen molar-refractivity contribution in [1.29, 1.82) is 0 Å². The molecule has 3 aromatic rings. The van der Waals surface area contributed by atoms with Crippen LogP contribution in [0.25, 0.3) is 0 Å². The average Bonchev–Trinajstić information content (AvgIpc) is 3.03. The molecule has 3 rings (SSSR count). The van der Waals surface area contributed by atoms with Gasteiger partial charge in [0.25, 0.3) is 11.8 Å². The van der Waals surface area contributed by atoms with Crippen LogP contribution in [0.1, 0.15) is 59.5 Å². The predicted molar refractivity (Wildman–Crippen MR) is 183 cm³/mol. The Morgan fingerprint density at radius 1 is 0.739 bits per heavy atom. The maximum Gasteiger partial charge on any atom is 0.251 e. The Bertz CT molecular complexity index is 1460. The highest BCUT2D eigenvalue weighted by Gasteiger charge is 2.26. The SMILES string of the molecule is CCNC(=O)[C@@H](NC(=O)[C@H](C)NC[C@H](Cc1ccccc1)NC(=O)c1cccc(C(=O)NCCc2c(Cl)cccc2Cl)c1)C(C)C. The Balaban J connectivity index is 1.64. The van der Waals surface area contributed by atoms with Gasteiger partial charge in [0.15, 0.2) is 0 Å². The van der Waals surface area contributed by atoms with Crippen LogP contribution < -0.4 is 26.6 Å². The van der Waals surface area contributed by atoms with E-state index in [1.807, 2.05) is 51.1 Å². The van der Waals surface area contributed by atoms with E-state index >= 15 is 0 Å². The summed E-state index contributed by atoms with van der Waals surface area (Å²) in [5.41, 5.74) is 2.43. The zero-order valence-corrected chi connectivity index (χ0v) is 28.2. The maximum absolute atomic E-state index is 13.4. The van der Waals surface area contributed by atoms with E-state index in [-0.39, 0.29) is 42.1 Å². The van der Waals surface area contributed by atoms with Gasteiger partial charge in [-0.25, -0.2) is 0 Å². The largest absolute Gasteiger partial charge is 0.355 e. The van der Waals surface area contributed by atoms with Gasteiger partial charge >= 0.3 is 0 Å². The Morgan fingerprint density at radius 2 is 1.37 bits per heavy atom. The zero-order valence-electron chi connectivity index (χ0n) is 26.7. The molecular formula is C35H43Cl2N5O4. The molecule has 0 bridgehead atoms. The van der Waals surface area contributed by atoms with Gasteiger partial charge in [-0.15, -0.1) is 0 Å². The van der Waals surface area contributed by atoms with Crippen molar-refractivity contribution >= 4 is 46.8 Å². The van der Waals surface area contributed by atoms with Gasteiger partial charge in [-0.3, -0.25) is 19.2 Å². The molecule has 46 heavy (non-hydrogen) atoms. The zero-order chi connectivity index (χ0) is 33.6. The van der Waals surface area contributed by atoms with E-state index < -0.39 is 12.1 Å². The number of hydrogen-bond donors (Lipinski definition) is 5. The summed E-state index contributed by atoms with van der Waals surface area (Å²) in [6.07, 6.45) is 0.964. The molecule has 3 aromatic carbocycles. The van der Waals surface area contributed by atoms with Crippen LogP contribution in [0.15, 0.2) is 72.8 Å². The number of amides is 4. The highest BCUT2D eigenvalue weighted by Crippen LogP contribution is 2.24. The van der Waals surface area contributed by atoms with Crippen LogP contribution in [0.4, 0.5) is 0 Å². The summed E-state index contributed by atoms with van der Waals surface area (Å²) in [6, 6.07) is 19.8. The molecule has 0 aliphatic carbocycles. The minimum atomic E-state index is -0.657. The number of halogens is 2. The van der Waals surface area contributed by atoms with E-state index in [9.17, 15) is 19.2 Å². The maximum atomic E-state index is 13.4. The van der Waals surface area contributed by atoms with Crippen LogP contribution in [0.5, 0.6) is 0 Å². The first-order valence-electron chi connectivity index (χ1n) is 15.5. The molecule has 0 saturated heterocycles. The Labute approximate surface area is 281 Å². The lowest BCUT2D eigenvalue weighted by atomic mass is 10.0. The highest BCUT2D eigenvalue weighted by molar-refractivity contribution is 6.36. The molecule has 0 aliphatic heterocycles. The third kappa shape index (κ3) is 11.2. The fraction of sp³-hybridized carbons (Fsp3) is 0.371. The quantitative estimate of drug-likeness (QED) is 0.153. The van der Waals surface area contributed by atoms with Crippen molar-refractivity contribution in [1.82, 2.24) is 26.6 Å².